The van der Waals surface area contributed by atoms with Crippen molar-refractivity contribution in [3.8, 4) is 0 Å². The van der Waals surface area contributed by atoms with Gasteiger partial charge in [0.25, 0.3) is 5.92 Å². The van der Waals surface area contributed by atoms with E-state index in [1.165, 1.54) is 20.8 Å². The lowest BCUT2D eigenvalue weighted by Gasteiger charge is -2.55. The number of piperidine rings is 2. The van der Waals surface area contributed by atoms with Gasteiger partial charge < -0.3 is 20.9 Å². The predicted octanol–water partition coefficient (Wildman–Crippen LogP) is 1.96. The fraction of sp³-hybridized carbons (Fsp3) is 0.760. The zero-order valence-electron chi connectivity index (χ0n) is 23.4. The molecule has 1 aliphatic carbocycles. The van der Waals surface area contributed by atoms with E-state index in [-0.39, 0.29) is 32.2 Å². The maximum absolute atomic E-state index is 15.1. The summed E-state index contributed by atoms with van der Waals surface area (Å²) in [4.78, 5) is 52.0. The van der Waals surface area contributed by atoms with Crippen molar-refractivity contribution < 1.29 is 53.9 Å². The largest absolute Gasteiger partial charge is 0.471 e. The molecule has 3 heterocycles. The molecular weight excluding hydrogens is 598 g/mol. The molecule has 4 rings (SSSR count). The normalized spacial score (nSPS) is 27.7. The van der Waals surface area contributed by atoms with Crippen molar-refractivity contribution in [1.82, 2.24) is 20.9 Å². The Kier molecular flexibility index (Phi) is 9.36. The molecule has 1 saturated carbocycles. The average molecular weight is 633 g/mol. The summed E-state index contributed by atoms with van der Waals surface area (Å²) >= 11 is 0. The molecule has 6 atom stereocenters. The van der Waals surface area contributed by atoms with Gasteiger partial charge in [0.15, 0.2) is 0 Å². The van der Waals surface area contributed by atoms with Gasteiger partial charge in [-0.2, -0.15) is 17.6 Å². The van der Waals surface area contributed by atoms with E-state index < -0.39 is 98.6 Å². The van der Waals surface area contributed by atoms with Crippen molar-refractivity contribution in [2.45, 2.75) is 89.1 Å². The highest BCUT2D eigenvalue weighted by Crippen LogP contribution is 2.49. The first-order chi connectivity index (χ1) is 19.0. The molecule has 3 saturated heterocycles. The molecule has 0 unspecified atom stereocenters. The molecule has 4 aliphatic rings. The number of amides is 4. The van der Waals surface area contributed by atoms with Crippen LogP contribution in [0.2, 0.25) is 0 Å². The zero-order chi connectivity index (χ0) is 32.0. The van der Waals surface area contributed by atoms with Gasteiger partial charge in [0, 0.05) is 31.2 Å². The summed E-state index contributed by atoms with van der Waals surface area (Å²) in [6, 6.07) is -6.56. The van der Waals surface area contributed by atoms with E-state index in [2.05, 4.69) is 10.6 Å². The topological polar surface area (TPSA) is 142 Å². The maximum atomic E-state index is 15.1. The highest BCUT2D eigenvalue weighted by atomic mass is 32.2. The van der Waals surface area contributed by atoms with E-state index >= 15 is 8.78 Å². The van der Waals surface area contributed by atoms with Crippen molar-refractivity contribution in [2.24, 2.45) is 17.3 Å². The van der Waals surface area contributed by atoms with Gasteiger partial charge in [-0.25, -0.2) is 17.2 Å². The highest BCUT2D eigenvalue weighted by Gasteiger charge is 2.61. The Morgan fingerprint density at radius 2 is 1.74 bits per heavy atom. The van der Waals surface area contributed by atoms with E-state index in [4.69, 9.17) is 0 Å². The number of hydrogen-bond donors (Lipinski definition) is 3. The van der Waals surface area contributed by atoms with Gasteiger partial charge in [-0.1, -0.05) is 20.8 Å². The number of rotatable bonds is 8. The number of alkyl halides is 5. The Morgan fingerprint density at radius 1 is 1.12 bits per heavy atom. The summed E-state index contributed by atoms with van der Waals surface area (Å²) < 4.78 is 107. The summed E-state index contributed by atoms with van der Waals surface area (Å²) in [7, 11) is -4.38. The Bertz CT molecular complexity index is 1250. The summed E-state index contributed by atoms with van der Waals surface area (Å²) in [5.41, 5.74) is -1.35. The lowest BCUT2D eigenvalue weighted by molar-refractivity contribution is -0.197. The van der Waals surface area contributed by atoms with Crippen LogP contribution < -0.4 is 16.0 Å². The summed E-state index contributed by atoms with van der Waals surface area (Å²) in [5.74, 6) is -11.3. The van der Waals surface area contributed by atoms with Crippen LogP contribution in [-0.2, 0) is 29.0 Å². The summed E-state index contributed by atoms with van der Waals surface area (Å²) in [5, 5.41) is 4.81. The van der Waals surface area contributed by atoms with E-state index in [9.17, 15) is 45.2 Å². The van der Waals surface area contributed by atoms with Crippen molar-refractivity contribution in [1.29, 1.82) is 0 Å². The molecule has 0 aromatic carbocycles. The number of halogens is 6. The van der Waals surface area contributed by atoms with Crippen LogP contribution in [0.1, 0.15) is 52.9 Å². The first-order valence-corrected chi connectivity index (χ1v) is 15.2. The zero-order valence-corrected chi connectivity index (χ0v) is 24.2. The fourth-order valence-corrected chi connectivity index (χ4v) is 6.14. The van der Waals surface area contributed by atoms with Crippen LogP contribution in [0.3, 0.4) is 0 Å². The van der Waals surface area contributed by atoms with Gasteiger partial charge in [-0.3, -0.25) is 19.2 Å². The second kappa shape index (κ2) is 11.7. The Labute approximate surface area is 238 Å². The number of nitrogens with zero attached hydrogens (tertiary/aromatic N) is 1. The first-order valence-electron chi connectivity index (χ1n) is 13.3. The lowest BCUT2D eigenvalue weighted by Crippen LogP contribution is -2.71. The van der Waals surface area contributed by atoms with E-state index in [1.54, 1.807) is 5.32 Å². The molecule has 17 heteroatoms. The molecule has 4 fully saturated rings. The summed E-state index contributed by atoms with van der Waals surface area (Å²) in [6.45, 7) is 4.31. The number of carbonyl (C=O) groups excluding carboxylic acids is 4. The lowest BCUT2D eigenvalue weighted by atomic mass is 9.70. The van der Waals surface area contributed by atoms with E-state index in [0.717, 1.165) is 4.90 Å². The fourth-order valence-electron chi connectivity index (χ4n) is 5.73. The molecule has 238 valence electrons. The van der Waals surface area contributed by atoms with Crippen molar-refractivity contribution >= 4 is 33.5 Å². The molecule has 0 aromatic heterocycles. The SMILES string of the molecule is CC(C)(C)[C@H](NC(=O)C(F)(F)F)C(=O)N1[C@@H]2CC[C@H]([C@@H]1C(=O)N[C@H](/C=C(\F)S(C)(=O)=O)C[C@H]1CCNC1=O)C(F)(F)C2. The second-order valence-electron chi connectivity index (χ2n) is 12.1. The van der Waals surface area contributed by atoms with Crippen molar-refractivity contribution in [3.05, 3.63) is 11.2 Å². The van der Waals surface area contributed by atoms with Crippen molar-refractivity contribution in [3.63, 3.8) is 0 Å². The highest BCUT2D eigenvalue weighted by molar-refractivity contribution is 7.94. The van der Waals surface area contributed by atoms with Gasteiger partial charge >= 0.3 is 12.1 Å². The molecule has 10 nitrogen and oxygen atoms in total. The minimum atomic E-state index is -5.36. The number of hydrogen-bond acceptors (Lipinski definition) is 6. The Balaban J connectivity index is 2.00. The standard InChI is InChI=1S/C25H34F6N4O6S/c1-23(2,3)18(34-22(39)25(29,30)31)21(38)35-14-5-6-15(24(27,28)11-14)17(35)20(37)33-13(10-16(26)42(4,40)41)9-12-7-8-32-19(12)36/h10,12-15,17-18H,5-9,11H2,1-4H3,(H,32,36)(H,33,37)(H,34,39)/b16-10+/t12-,13+,14-,15-,17-,18-/m1/s1. The third kappa shape index (κ3) is 7.37. The van der Waals surface area contributed by atoms with Gasteiger partial charge in [0.2, 0.25) is 32.7 Å². The van der Waals surface area contributed by atoms with Crippen LogP contribution in [0.4, 0.5) is 26.3 Å². The minimum Gasteiger partial charge on any atom is -0.356 e. The minimum absolute atomic E-state index is 0.00808. The Hall–Kier alpha value is -2.85. The molecule has 42 heavy (non-hydrogen) atoms. The molecular formula is C25H34F6N4O6S. The van der Waals surface area contributed by atoms with Crippen LogP contribution in [0.25, 0.3) is 0 Å². The smallest absolute Gasteiger partial charge is 0.356 e. The van der Waals surface area contributed by atoms with Crippen LogP contribution in [0, 0.1) is 17.3 Å². The van der Waals surface area contributed by atoms with Gasteiger partial charge in [0.05, 0.1) is 12.0 Å². The number of sulfone groups is 1. The third-order valence-corrected chi connectivity index (χ3v) is 8.66. The van der Waals surface area contributed by atoms with Gasteiger partial charge in [-0.05, 0) is 37.2 Å². The monoisotopic (exact) mass is 632 g/mol. The summed E-state index contributed by atoms with van der Waals surface area (Å²) in [6.07, 6.45) is -5.38. The molecule has 0 radical (unpaired) electrons. The second-order valence-corrected chi connectivity index (χ2v) is 14.1. The van der Waals surface area contributed by atoms with Gasteiger partial charge in [-0.15, -0.1) is 0 Å². The molecule has 3 N–H and O–H groups in total. The molecule has 2 bridgehead atoms. The maximum Gasteiger partial charge on any atom is 0.471 e. The molecule has 4 amide bonds. The number of nitrogens with one attached hydrogen (secondary N) is 3. The molecule has 0 aromatic rings. The quantitative estimate of drug-likeness (QED) is 0.350. The molecule has 0 spiro atoms. The van der Waals surface area contributed by atoms with Crippen LogP contribution >= 0.6 is 0 Å². The van der Waals surface area contributed by atoms with Crippen LogP contribution in [0.15, 0.2) is 11.2 Å². The van der Waals surface area contributed by atoms with Crippen molar-refractivity contribution in [2.75, 3.05) is 12.8 Å². The number of fused-ring (bicyclic) bond motifs is 3. The van der Waals surface area contributed by atoms with Crippen LogP contribution in [0.5, 0.6) is 0 Å². The number of carbonyl (C=O) groups is 4. The van der Waals surface area contributed by atoms with E-state index in [0.29, 0.717) is 12.3 Å². The van der Waals surface area contributed by atoms with Gasteiger partial charge in [0.1, 0.15) is 12.1 Å². The average Bonchev–Trinajstić information content (AvgIpc) is 3.22. The van der Waals surface area contributed by atoms with Crippen LogP contribution in [-0.4, -0.2) is 86.0 Å². The predicted molar refractivity (Wildman–Crippen MR) is 136 cm³/mol. The van der Waals surface area contributed by atoms with E-state index in [1.807, 2.05) is 0 Å². The Morgan fingerprint density at radius 3 is 2.21 bits per heavy atom. The third-order valence-electron chi connectivity index (χ3n) is 7.82. The first kappa shape index (κ1) is 33.6. The molecule has 3 aliphatic heterocycles.